The molecular formula is C12H20N2O4. The third kappa shape index (κ3) is 6.09. The van der Waals surface area contributed by atoms with Crippen molar-refractivity contribution in [3.05, 3.63) is 0 Å². The van der Waals surface area contributed by atoms with Gasteiger partial charge in [0.25, 0.3) is 0 Å². The van der Waals surface area contributed by atoms with E-state index in [0.29, 0.717) is 6.42 Å². The van der Waals surface area contributed by atoms with Crippen LogP contribution in [0.4, 0.5) is 4.79 Å². The molecule has 0 rings (SSSR count). The number of ether oxygens (including phenoxy) is 1. The molecule has 0 saturated carbocycles. The zero-order chi connectivity index (χ0) is 14.3. The van der Waals surface area contributed by atoms with Gasteiger partial charge in [0.05, 0.1) is 6.07 Å². The lowest BCUT2D eigenvalue weighted by molar-refractivity contribution is -0.141. The molecule has 102 valence electrons. The predicted molar refractivity (Wildman–Crippen MR) is 64.8 cm³/mol. The molecule has 0 radical (unpaired) electrons. The van der Waals surface area contributed by atoms with Crippen LogP contribution in [0.5, 0.6) is 0 Å². The second kappa shape index (κ2) is 6.84. The maximum absolute atomic E-state index is 11.5. The van der Waals surface area contributed by atoms with Crippen LogP contribution in [-0.4, -0.2) is 28.8 Å². The van der Waals surface area contributed by atoms with Gasteiger partial charge < -0.3 is 15.2 Å². The smallest absolute Gasteiger partial charge is 0.408 e. The summed E-state index contributed by atoms with van der Waals surface area (Å²) in [6, 6.07) is 0.813. The van der Waals surface area contributed by atoms with Crippen molar-refractivity contribution in [3.63, 3.8) is 0 Å². The summed E-state index contributed by atoms with van der Waals surface area (Å²) in [5.74, 6) is -1.59. The summed E-state index contributed by atoms with van der Waals surface area (Å²) in [6.45, 7) is 6.84. The number of hydrogen-bond acceptors (Lipinski definition) is 4. The van der Waals surface area contributed by atoms with Gasteiger partial charge in [-0.15, -0.1) is 0 Å². The summed E-state index contributed by atoms with van der Waals surface area (Å²) in [5.41, 5.74) is -0.690. The molecule has 0 aliphatic heterocycles. The lowest BCUT2D eigenvalue weighted by atomic mass is 9.94. The van der Waals surface area contributed by atoms with Crippen LogP contribution in [0.3, 0.4) is 0 Å². The first-order chi connectivity index (χ1) is 8.21. The molecule has 0 heterocycles. The second-order valence-corrected chi connectivity index (χ2v) is 4.99. The van der Waals surface area contributed by atoms with E-state index in [9.17, 15) is 9.59 Å². The topological polar surface area (TPSA) is 99.4 Å². The van der Waals surface area contributed by atoms with Gasteiger partial charge in [-0.25, -0.2) is 9.59 Å². The molecule has 0 saturated heterocycles. The van der Waals surface area contributed by atoms with Crippen LogP contribution in [0.25, 0.3) is 0 Å². The highest BCUT2D eigenvalue weighted by Crippen LogP contribution is 2.15. The summed E-state index contributed by atoms with van der Waals surface area (Å²) in [6.07, 6.45) is -0.227. The molecule has 0 bridgehead atoms. The van der Waals surface area contributed by atoms with Crippen LogP contribution in [-0.2, 0) is 9.53 Å². The number of aliphatic carboxylic acids is 1. The molecule has 0 aliphatic carbocycles. The minimum absolute atomic E-state index is 0.0727. The Bertz CT molecular complexity index is 341. The Morgan fingerprint density at radius 1 is 1.44 bits per heavy atom. The number of hydrogen-bond donors (Lipinski definition) is 2. The Hall–Kier alpha value is -1.77. The molecule has 2 atom stereocenters. The van der Waals surface area contributed by atoms with E-state index in [-0.39, 0.29) is 6.42 Å². The molecule has 2 unspecified atom stereocenters. The Balaban J connectivity index is 4.68. The van der Waals surface area contributed by atoms with Gasteiger partial charge in [0.2, 0.25) is 0 Å². The number of rotatable bonds is 5. The van der Waals surface area contributed by atoms with E-state index in [2.05, 4.69) is 5.32 Å². The van der Waals surface area contributed by atoms with Crippen molar-refractivity contribution >= 4 is 12.1 Å². The number of carboxylic acid groups (broad SMARTS) is 1. The van der Waals surface area contributed by atoms with Gasteiger partial charge in [0.15, 0.2) is 0 Å². The number of amides is 1. The number of carbonyl (C=O) groups is 2. The number of carbonyl (C=O) groups excluding carboxylic acids is 1. The molecule has 0 fully saturated rings. The van der Waals surface area contributed by atoms with E-state index >= 15 is 0 Å². The second-order valence-electron chi connectivity index (χ2n) is 4.99. The average Bonchev–Trinajstić information content (AvgIpc) is 2.20. The summed E-state index contributed by atoms with van der Waals surface area (Å²) in [5, 5.41) is 20.0. The molecule has 0 aromatic rings. The number of alkyl carbamates (subject to hydrolysis) is 1. The van der Waals surface area contributed by atoms with Crippen LogP contribution in [0, 0.1) is 17.2 Å². The SMILES string of the molecule is CCC(CC#N)C(NC(=O)OC(C)(C)C)C(=O)O. The van der Waals surface area contributed by atoms with Crippen molar-refractivity contribution in [1.29, 1.82) is 5.26 Å². The summed E-state index contributed by atoms with van der Waals surface area (Å²) in [4.78, 5) is 22.6. The van der Waals surface area contributed by atoms with E-state index in [4.69, 9.17) is 15.1 Å². The molecule has 0 aliphatic rings. The van der Waals surface area contributed by atoms with E-state index in [1.54, 1.807) is 27.7 Å². The summed E-state index contributed by atoms with van der Waals surface area (Å²) in [7, 11) is 0. The first-order valence-electron chi connectivity index (χ1n) is 5.80. The molecule has 6 nitrogen and oxygen atoms in total. The molecular weight excluding hydrogens is 236 g/mol. The third-order valence-electron chi connectivity index (χ3n) is 2.29. The number of carboxylic acids is 1. The van der Waals surface area contributed by atoms with E-state index in [0.717, 1.165) is 0 Å². The average molecular weight is 256 g/mol. The van der Waals surface area contributed by atoms with E-state index in [1.807, 2.05) is 6.07 Å². The van der Waals surface area contributed by atoms with Gasteiger partial charge in [-0.05, 0) is 27.2 Å². The maximum atomic E-state index is 11.5. The highest BCUT2D eigenvalue weighted by Gasteiger charge is 2.30. The lowest BCUT2D eigenvalue weighted by Gasteiger charge is -2.25. The Kier molecular flexibility index (Phi) is 6.17. The fourth-order valence-corrected chi connectivity index (χ4v) is 1.43. The number of nitrogens with zero attached hydrogens (tertiary/aromatic N) is 1. The quantitative estimate of drug-likeness (QED) is 0.782. The Morgan fingerprint density at radius 2 is 2.00 bits per heavy atom. The monoisotopic (exact) mass is 256 g/mol. The van der Waals surface area contributed by atoms with Crippen molar-refractivity contribution in [2.24, 2.45) is 5.92 Å². The zero-order valence-electron chi connectivity index (χ0n) is 11.2. The molecule has 6 heteroatoms. The normalized spacial score (nSPS) is 14.2. The zero-order valence-corrected chi connectivity index (χ0v) is 11.2. The van der Waals surface area contributed by atoms with Crippen LogP contribution in [0.2, 0.25) is 0 Å². The minimum Gasteiger partial charge on any atom is -0.480 e. The van der Waals surface area contributed by atoms with Crippen molar-refractivity contribution in [3.8, 4) is 6.07 Å². The Labute approximate surface area is 107 Å². The van der Waals surface area contributed by atoms with Crippen LogP contribution < -0.4 is 5.32 Å². The maximum Gasteiger partial charge on any atom is 0.408 e. The first-order valence-corrected chi connectivity index (χ1v) is 5.80. The van der Waals surface area contributed by atoms with Crippen molar-refractivity contribution in [1.82, 2.24) is 5.32 Å². The molecule has 1 amide bonds. The van der Waals surface area contributed by atoms with Gasteiger partial charge in [0.1, 0.15) is 11.6 Å². The summed E-state index contributed by atoms with van der Waals surface area (Å²) >= 11 is 0. The van der Waals surface area contributed by atoms with Crippen LogP contribution in [0.1, 0.15) is 40.5 Å². The molecule has 0 aromatic carbocycles. The number of nitriles is 1. The molecule has 2 N–H and O–H groups in total. The van der Waals surface area contributed by atoms with E-state index < -0.39 is 29.6 Å². The fourth-order valence-electron chi connectivity index (χ4n) is 1.43. The van der Waals surface area contributed by atoms with Gasteiger partial charge in [0, 0.05) is 12.3 Å². The fraction of sp³-hybridized carbons (Fsp3) is 0.750. The highest BCUT2D eigenvalue weighted by atomic mass is 16.6. The van der Waals surface area contributed by atoms with Crippen LogP contribution >= 0.6 is 0 Å². The Morgan fingerprint density at radius 3 is 2.33 bits per heavy atom. The highest BCUT2D eigenvalue weighted by molar-refractivity contribution is 5.80. The standard InChI is InChI=1S/C12H20N2O4/c1-5-8(6-7-13)9(10(15)16)14-11(17)18-12(2,3)4/h8-9H,5-6H2,1-4H3,(H,14,17)(H,15,16). The first kappa shape index (κ1) is 16.2. The van der Waals surface area contributed by atoms with Gasteiger partial charge >= 0.3 is 12.1 Å². The third-order valence-corrected chi connectivity index (χ3v) is 2.29. The van der Waals surface area contributed by atoms with Crippen molar-refractivity contribution in [2.75, 3.05) is 0 Å². The van der Waals surface area contributed by atoms with Gasteiger partial charge in [-0.3, -0.25) is 0 Å². The predicted octanol–water partition coefficient (Wildman–Crippen LogP) is 1.90. The van der Waals surface area contributed by atoms with Crippen molar-refractivity contribution in [2.45, 2.75) is 52.2 Å². The lowest BCUT2D eigenvalue weighted by Crippen LogP contribution is -2.47. The van der Waals surface area contributed by atoms with E-state index in [1.165, 1.54) is 0 Å². The van der Waals surface area contributed by atoms with Gasteiger partial charge in [-0.2, -0.15) is 5.26 Å². The van der Waals surface area contributed by atoms with Crippen LogP contribution in [0.15, 0.2) is 0 Å². The largest absolute Gasteiger partial charge is 0.480 e. The summed E-state index contributed by atoms with van der Waals surface area (Å²) < 4.78 is 4.99. The van der Waals surface area contributed by atoms with Gasteiger partial charge in [-0.1, -0.05) is 6.92 Å². The molecule has 0 aromatic heterocycles. The minimum atomic E-state index is -1.16. The molecule has 0 spiro atoms. The number of nitrogens with one attached hydrogen (secondary N) is 1. The van der Waals surface area contributed by atoms with Crippen molar-refractivity contribution < 1.29 is 19.4 Å². The molecule has 18 heavy (non-hydrogen) atoms.